The predicted octanol–water partition coefficient (Wildman–Crippen LogP) is 0.652. The first-order chi connectivity index (χ1) is 9.47. The standard InChI is InChI=1S/C11H11ClN4O4/c12-9-3-7(8(5-13-9)16(19)20)11(18)15-6-1-2-10(17)14-4-6/h3,5-6H,1-2,4H2,(H,14,17)(H,15,18). The number of amides is 2. The summed E-state index contributed by atoms with van der Waals surface area (Å²) in [7, 11) is 0. The number of piperidine rings is 1. The van der Waals surface area contributed by atoms with Crippen molar-refractivity contribution in [2.75, 3.05) is 6.54 Å². The Morgan fingerprint density at radius 1 is 1.60 bits per heavy atom. The van der Waals surface area contributed by atoms with Crippen molar-refractivity contribution in [1.29, 1.82) is 0 Å². The molecule has 20 heavy (non-hydrogen) atoms. The summed E-state index contributed by atoms with van der Waals surface area (Å²) in [5.74, 6) is -0.685. The van der Waals surface area contributed by atoms with Crippen molar-refractivity contribution in [3.8, 4) is 0 Å². The van der Waals surface area contributed by atoms with Gasteiger partial charge in [-0.2, -0.15) is 0 Å². The molecular formula is C11H11ClN4O4. The molecule has 106 valence electrons. The van der Waals surface area contributed by atoms with Crippen LogP contribution in [-0.2, 0) is 4.79 Å². The average Bonchev–Trinajstić information content (AvgIpc) is 2.41. The zero-order valence-electron chi connectivity index (χ0n) is 10.3. The Labute approximate surface area is 118 Å². The lowest BCUT2D eigenvalue weighted by Crippen LogP contribution is -2.47. The Morgan fingerprint density at radius 3 is 2.95 bits per heavy atom. The fraction of sp³-hybridized carbons (Fsp3) is 0.364. The summed E-state index contributed by atoms with van der Waals surface area (Å²) in [4.78, 5) is 36.8. The molecule has 1 aliphatic rings. The summed E-state index contributed by atoms with van der Waals surface area (Å²) >= 11 is 5.66. The molecule has 1 saturated heterocycles. The lowest BCUT2D eigenvalue weighted by molar-refractivity contribution is -0.385. The number of carbonyl (C=O) groups is 2. The van der Waals surface area contributed by atoms with Gasteiger partial charge in [0.05, 0.1) is 4.92 Å². The first-order valence-electron chi connectivity index (χ1n) is 5.85. The molecule has 2 amide bonds. The van der Waals surface area contributed by atoms with E-state index in [4.69, 9.17) is 11.6 Å². The van der Waals surface area contributed by atoms with Crippen molar-refractivity contribution in [2.24, 2.45) is 0 Å². The lowest BCUT2D eigenvalue weighted by atomic mass is 10.1. The Bertz CT molecular complexity index is 568. The van der Waals surface area contributed by atoms with E-state index in [0.29, 0.717) is 19.4 Å². The normalized spacial score (nSPS) is 18.2. The summed E-state index contributed by atoms with van der Waals surface area (Å²) in [6.45, 7) is 0.303. The number of nitrogens with one attached hydrogen (secondary N) is 2. The van der Waals surface area contributed by atoms with Crippen LogP contribution in [0.5, 0.6) is 0 Å². The third-order valence-electron chi connectivity index (χ3n) is 2.89. The van der Waals surface area contributed by atoms with Gasteiger partial charge in [-0.15, -0.1) is 0 Å². The van der Waals surface area contributed by atoms with Crippen molar-refractivity contribution in [1.82, 2.24) is 15.6 Å². The SMILES string of the molecule is O=C1CCC(NC(=O)c2cc(Cl)ncc2[N+](=O)[O-])CN1. The number of nitrogens with zero attached hydrogens (tertiary/aromatic N) is 2. The maximum absolute atomic E-state index is 12.1. The van der Waals surface area contributed by atoms with Gasteiger partial charge in [0, 0.05) is 19.0 Å². The van der Waals surface area contributed by atoms with Gasteiger partial charge < -0.3 is 10.6 Å². The number of nitro groups is 1. The maximum atomic E-state index is 12.1. The predicted molar refractivity (Wildman–Crippen MR) is 69.4 cm³/mol. The molecule has 1 aromatic rings. The molecule has 0 bridgehead atoms. The number of hydrogen-bond acceptors (Lipinski definition) is 5. The molecule has 1 aromatic heterocycles. The third-order valence-corrected chi connectivity index (χ3v) is 3.10. The van der Waals surface area contributed by atoms with E-state index in [2.05, 4.69) is 15.6 Å². The fourth-order valence-corrected chi connectivity index (χ4v) is 2.03. The number of carbonyl (C=O) groups excluding carboxylic acids is 2. The van der Waals surface area contributed by atoms with Crippen LogP contribution < -0.4 is 10.6 Å². The number of halogens is 1. The molecule has 2 rings (SSSR count). The lowest BCUT2D eigenvalue weighted by Gasteiger charge is -2.23. The van der Waals surface area contributed by atoms with Crippen LogP contribution in [-0.4, -0.2) is 34.3 Å². The van der Waals surface area contributed by atoms with E-state index in [1.807, 2.05) is 0 Å². The molecule has 8 nitrogen and oxygen atoms in total. The Balaban J connectivity index is 2.14. The average molecular weight is 299 g/mol. The first kappa shape index (κ1) is 14.2. The van der Waals surface area contributed by atoms with Gasteiger partial charge in [-0.3, -0.25) is 19.7 Å². The van der Waals surface area contributed by atoms with Gasteiger partial charge >= 0.3 is 0 Å². The van der Waals surface area contributed by atoms with Crippen molar-refractivity contribution in [3.05, 3.63) is 33.1 Å². The van der Waals surface area contributed by atoms with Crippen LogP contribution in [0.15, 0.2) is 12.3 Å². The molecule has 1 atom stereocenters. The molecule has 0 radical (unpaired) electrons. The van der Waals surface area contributed by atoms with Gasteiger partial charge in [-0.25, -0.2) is 4.98 Å². The van der Waals surface area contributed by atoms with Crippen LogP contribution in [0.3, 0.4) is 0 Å². The van der Waals surface area contributed by atoms with Crippen LogP contribution in [0, 0.1) is 10.1 Å². The fourth-order valence-electron chi connectivity index (χ4n) is 1.87. The molecule has 0 aromatic carbocycles. The topological polar surface area (TPSA) is 114 Å². The van der Waals surface area contributed by atoms with Crippen LogP contribution in [0.1, 0.15) is 23.2 Å². The van der Waals surface area contributed by atoms with Crippen LogP contribution in [0.4, 0.5) is 5.69 Å². The van der Waals surface area contributed by atoms with Crippen molar-refractivity contribution in [3.63, 3.8) is 0 Å². The number of hydrogen-bond donors (Lipinski definition) is 2. The highest BCUT2D eigenvalue weighted by Gasteiger charge is 2.25. The van der Waals surface area contributed by atoms with Gasteiger partial charge in [-0.1, -0.05) is 11.6 Å². The zero-order valence-corrected chi connectivity index (χ0v) is 11.0. The second-order valence-corrected chi connectivity index (χ2v) is 4.68. The molecule has 1 unspecified atom stereocenters. The highest BCUT2D eigenvalue weighted by molar-refractivity contribution is 6.29. The largest absolute Gasteiger partial charge is 0.354 e. The van der Waals surface area contributed by atoms with Crippen molar-refractivity contribution in [2.45, 2.75) is 18.9 Å². The van der Waals surface area contributed by atoms with Crippen molar-refractivity contribution >= 4 is 29.1 Å². The minimum absolute atomic E-state index is 0.00213. The first-order valence-corrected chi connectivity index (χ1v) is 6.22. The molecular weight excluding hydrogens is 288 g/mol. The second kappa shape index (κ2) is 5.83. The van der Waals surface area contributed by atoms with Gasteiger partial charge in [0.2, 0.25) is 5.91 Å². The smallest absolute Gasteiger partial charge is 0.300 e. The summed E-state index contributed by atoms with van der Waals surface area (Å²) in [5, 5.41) is 16.1. The van der Waals surface area contributed by atoms with E-state index in [-0.39, 0.29) is 22.7 Å². The van der Waals surface area contributed by atoms with Gasteiger partial charge in [0.15, 0.2) is 0 Å². The molecule has 2 N–H and O–H groups in total. The summed E-state index contributed by atoms with van der Waals surface area (Å²) < 4.78 is 0. The highest BCUT2D eigenvalue weighted by atomic mass is 35.5. The summed E-state index contributed by atoms with van der Waals surface area (Å²) in [6.07, 6.45) is 1.74. The van der Waals surface area contributed by atoms with Crippen molar-refractivity contribution < 1.29 is 14.5 Å². The molecule has 1 aliphatic heterocycles. The van der Waals surface area contributed by atoms with E-state index < -0.39 is 16.5 Å². The maximum Gasteiger partial charge on any atom is 0.300 e. The molecule has 1 fully saturated rings. The number of rotatable bonds is 3. The second-order valence-electron chi connectivity index (χ2n) is 4.29. The van der Waals surface area contributed by atoms with E-state index in [0.717, 1.165) is 12.3 Å². The minimum Gasteiger partial charge on any atom is -0.354 e. The Hall–Kier alpha value is -2.22. The van der Waals surface area contributed by atoms with E-state index in [9.17, 15) is 19.7 Å². The summed E-state index contributed by atoms with van der Waals surface area (Å²) in [5.41, 5.74) is -0.557. The number of aromatic nitrogens is 1. The van der Waals surface area contributed by atoms with Gasteiger partial charge in [0.25, 0.3) is 11.6 Å². The highest BCUT2D eigenvalue weighted by Crippen LogP contribution is 2.20. The quantitative estimate of drug-likeness (QED) is 0.483. The summed E-state index contributed by atoms with van der Waals surface area (Å²) in [6, 6.07) is 0.892. The molecule has 9 heteroatoms. The van der Waals surface area contributed by atoms with Crippen LogP contribution >= 0.6 is 11.6 Å². The van der Waals surface area contributed by atoms with E-state index in [1.54, 1.807) is 0 Å². The van der Waals surface area contributed by atoms with Crippen LogP contribution in [0.2, 0.25) is 5.15 Å². The monoisotopic (exact) mass is 298 g/mol. The van der Waals surface area contributed by atoms with Gasteiger partial charge in [-0.05, 0) is 12.5 Å². The van der Waals surface area contributed by atoms with E-state index in [1.165, 1.54) is 0 Å². The molecule has 2 heterocycles. The molecule has 0 spiro atoms. The molecule has 0 saturated carbocycles. The Kier molecular flexibility index (Phi) is 4.14. The number of pyridine rings is 1. The zero-order chi connectivity index (χ0) is 14.7. The Morgan fingerprint density at radius 2 is 2.35 bits per heavy atom. The van der Waals surface area contributed by atoms with Crippen LogP contribution in [0.25, 0.3) is 0 Å². The van der Waals surface area contributed by atoms with E-state index >= 15 is 0 Å². The molecule has 0 aliphatic carbocycles. The minimum atomic E-state index is -0.694. The third kappa shape index (κ3) is 3.21. The van der Waals surface area contributed by atoms with Gasteiger partial charge in [0.1, 0.15) is 16.9 Å².